The van der Waals surface area contributed by atoms with Crippen LogP contribution in [0.15, 0.2) is 152 Å². The Hall–Kier alpha value is -9.99. The molecular weight excluding hydrogens is 1430 g/mol. The van der Waals surface area contributed by atoms with Gasteiger partial charge in [-0.3, -0.25) is 47.9 Å². The Bertz CT molecular complexity index is 4020. The first kappa shape index (κ1) is 85.3. The lowest BCUT2D eigenvalue weighted by Crippen LogP contribution is -2.63. The number of carboxylic acid groups (broad SMARTS) is 1. The van der Waals surface area contributed by atoms with E-state index in [1.807, 2.05) is 62.4 Å². The van der Waals surface area contributed by atoms with E-state index in [0.717, 1.165) is 49.7 Å². The average Bonchev–Trinajstić information content (AvgIpc) is 0.819. The average molecular weight is 1530 g/mol. The number of nitrogens with two attached hydrogens (primary N) is 2. The van der Waals surface area contributed by atoms with Gasteiger partial charge in [0.15, 0.2) is 0 Å². The number of hydrogen-bond donors (Lipinski definition) is 17. The second kappa shape index (κ2) is 42.5. The van der Waals surface area contributed by atoms with Crippen molar-refractivity contribution >= 4 is 97.4 Å². The first-order valence-electron chi connectivity index (χ1n) is 35.7. The molecule has 10 amide bonds. The number of hydrogen-bond acceptors (Lipinski definition) is 20. The Morgan fingerprint density at radius 2 is 0.907 bits per heavy atom. The lowest BCUT2D eigenvalue weighted by Gasteiger charge is -2.33. The Morgan fingerprint density at radius 1 is 0.481 bits per heavy atom. The number of phenolic OH excluding ortho intramolecular Hbond substituents is 1. The van der Waals surface area contributed by atoms with Gasteiger partial charge in [0.1, 0.15) is 66.2 Å². The number of fused-ring (bicyclic) bond motifs is 1. The van der Waals surface area contributed by atoms with Crippen LogP contribution < -0.4 is 64.6 Å². The van der Waals surface area contributed by atoms with Crippen LogP contribution in [-0.4, -0.2) is 212 Å². The second-order valence-electron chi connectivity index (χ2n) is 27.0. The maximum absolute atomic E-state index is 15.9. The summed E-state index contributed by atoms with van der Waals surface area (Å²) in [4.78, 5) is 162. The number of aliphatic hydroxyl groups is 3. The summed E-state index contributed by atoms with van der Waals surface area (Å²) in [6.07, 6.45) is -3.87. The van der Waals surface area contributed by atoms with Crippen molar-refractivity contribution in [3.63, 3.8) is 0 Å². The maximum atomic E-state index is 15.9. The van der Waals surface area contributed by atoms with Gasteiger partial charge in [-0.15, -0.1) is 0 Å². The number of carboxylic acids is 1. The molecule has 1 aliphatic rings. The van der Waals surface area contributed by atoms with Crippen LogP contribution in [0.5, 0.6) is 5.75 Å². The van der Waals surface area contributed by atoms with Gasteiger partial charge in [0, 0.05) is 63.2 Å². The minimum absolute atomic E-state index is 0.0245. The fourth-order valence-corrected chi connectivity index (χ4v) is 14.1. The Morgan fingerprint density at radius 3 is 1.44 bits per heavy atom. The number of nitrogens with one attached hydrogen (secondary N) is 10. The van der Waals surface area contributed by atoms with E-state index in [9.17, 15) is 59.1 Å². The summed E-state index contributed by atoms with van der Waals surface area (Å²) in [5, 5.41) is 81.6. The predicted octanol–water partition coefficient (Wildman–Crippen LogP) is 0.437. The van der Waals surface area contributed by atoms with Crippen LogP contribution in [0.25, 0.3) is 10.8 Å². The summed E-state index contributed by atoms with van der Waals surface area (Å²) in [5.74, 6) is -12.2. The number of nitrogens with zero attached hydrogens (tertiary/aromatic N) is 1. The number of carbonyl (C=O) groups is 11. The van der Waals surface area contributed by atoms with E-state index in [-0.39, 0.29) is 61.9 Å². The topological polar surface area (TPSA) is 464 Å². The quantitative estimate of drug-likeness (QED) is 0.0343. The molecule has 19 N–H and O–H groups in total. The molecule has 0 saturated carbocycles. The molecule has 13 atom stereocenters. The zero-order chi connectivity index (χ0) is 78.6. The van der Waals surface area contributed by atoms with E-state index in [2.05, 4.69) is 53.2 Å². The van der Waals surface area contributed by atoms with Crippen LogP contribution in [0.3, 0.4) is 0 Å². The largest absolute Gasteiger partial charge is 0.508 e. The van der Waals surface area contributed by atoms with E-state index in [1.165, 1.54) is 38.2 Å². The van der Waals surface area contributed by atoms with Crippen molar-refractivity contribution in [2.24, 2.45) is 11.5 Å². The maximum Gasteiger partial charge on any atom is 0.327 e. The number of likely N-dealkylation sites (N-methyl/N-ethyl adjacent to an activating group) is 1. The van der Waals surface area contributed by atoms with Crippen molar-refractivity contribution in [2.45, 2.75) is 170 Å². The smallest absolute Gasteiger partial charge is 0.327 e. The summed E-state index contributed by atoms with van der Waals surface area (Å²) in [5.41, 5.74) is 15.7. The molecule has 0 bridgehead atoms. The normalized spacial score (nSPS) is 23.5. The number of aliphatic carboxylic acids is 1. The zero-order valence-corrected chi connectivity index (χ0v) is 62.5. The minimum atomic E-state index is -1.95. The number of amides is 10. The third kappa shape index (κ3) is 26.5. The first-order chi connectivity index (χ1) is 51.6. The number of benzene rings is 6. The minimum Gasteiger partial charge on any atom is -0.508 e. The lowest BCUT2D eigenvalue weighted by atomic mass is 9.97. The molecular formula is C77H99N13O16S2. The lowest BCUT2D eigenvalue weighted by molar-refractivity contribution is -0.143. The molecule has 1 saturated heterocycles. The monoisotopic (exact) mass is 1530 g/mol. The van der Waals surface area contributed by atoms with Crippen molar-refractivity contribution in [3.05, 3.63) is 185 Å². The van der Waals surface area contributed by atoms with E-state index >= 15 is 19.2 Å². The summed E-state index contributed by atoms with van der Waals surface area (Å²) in [6, 6.07) is 25.1. The number of carbonyl (C=O) groups excluding carboxylic acids is 10. The highest BCUT2D eigenvalue weighted by atomic mass is 33.1. The standard InChI is InChI=1S/C77H99N13O16S2/c1-44(2)80-40-51-25-23-50(24-26-51)39-64-73(101)89-66(46(4)93)74(102)84-60(37-49-28-31-55(94)32-29-49)71(99)88-65(45(3)92)75(103)86-62(41-91)72(100)87-63(77(105)106)43-108-107-42-56(79)67(95)81-57(22-14-15-33-78)68(96)82-58(35-47-16-8-6-9-17-47)69(97)83-59(36-48-18-10-7-11-19-48)70(98)85-61(76(104)90(64)5)38-52-27-30-53-20-12-13-21-54(53)34-52/h6-13,16-21,23-32,34,44-46,56-66,80,91-94H,14-15,22,33,35-43,78-79H2,1-5H3,(H,81,95)(H,82,96)(H,83,97)(H,84,102)(H,85,98)(H,86,103)(H,87,100)(H,88,99)(H,89,101)(H,105,106)/t45-,46-,56+,57+,58+,59+,60+,61-,62+,63+,64+,65+,66-/m1/s1. The van der Waals surface area contributed by atoms with Gasteiger partial charge < -0.3 is 95.1 Å². The van der Waals surface area contributed by atoms with E-state index in [0.29, 0.717) is 47.2 Å². The molecule has 0 unspecified atom stereocenters. The van der Waals surface area contributed by atoms with Crippen molar-refractivity contribution in [1.29, 1.82) is 0 Å². The number of rotatable bonds is 21. The molecule has 0 aliphatic carbocycles. The van der Waals surface area contributed by atoms with Crippen LogP contribution in [0, 0.1) is 0 Å². The van der Waals surface area contributed by atoms with E-state index in [4.69, 9.17) is 11.5 Å². The van der Waals surface area contributed by atoms with Gasteiger partial charge in [-0.2, -0.15) is 0 Å². The van der Waals surface area contributed by atoms with Crippen molar-refractivity contribution in [3.8, 4) is 5.75 Å². The summed E-state index contributed by atoms with van der Waals surface area (Å²) in [7, 11) is 3.15. The molecule has 6 aromatic rings. The van der Waals surface area contributed by atoms with Crippen LogP contribution in [-0.2, 0) is 91.4 Å². The van der Waals surface area contributed by atoms with Crippen LogP contribution in [0.4, 0.5) is 0 Å². The molecule has 1 fully saturated rings. The highest BCUT2D eigenvalue weighted by molar-refractivity contribution is 8.76. The van der Waals surface area contributed by atoms with E-state index < -0.39 is 157 Å². The molecule has 108 heavy (non-hydrogen) atoms. The van der Waals surface area contributed by atoms with Gasteiger partial charge in [0.2, 0.25) is 59.1 Å². The third-order valence-electron chi connectivity index (χ3n) is 18.0. The van der Waals surface area contributed by atoms with E-state index in [1.54, 1.807) is 78.9 Å². The van der Waals surface area contributed by atoms with Gasteiger partial charge in [-0.05, 0) is 95.9 Å². The highest BCUT2D eigenvalue weighted by Crippen LogP contribution is 2.24. The number of phenols is 1. The molecule has 1 heterocycles. The van der Waals surface area contributed by atoms with Gasteiger partial charge in [-0.25, -0.2) is 4.79 Å². The SMILES string of the molecule is CC(C)NCc1ccc(C[C@H]2C(=O)N[C@H]([C@@H](C)O)C(=O)N[C@@H](Cc3ccc(O)cc3)C(=O)N[C@@H]([C@@H](C)O)C(=O)N[C@@H](CO)C(=O)N[C@H](C(=O)O)CSSC[C@H](N)C(=O)N[C@@H](CCCCN)C(=O)N[C@@H](Cc3ccccc3)C(=O)N[C@@H](Cc3ccccc3)C(=O)N[C@H](Cc3ccc4ccccc4c3)C(=O)N2C)cc1. The van der Waals surface area contributed by atoms with Gasteiger partial charge >= 0.3 is 5.97 Å². The third-order valence-corrected chi connectivity index (χ3v) is 20.5. The molecule has 31 heteroatoms. The predicted molar refractivity (Wildman–Crippen MR) is 410 cm³/mol. The van der Waals surface area contributed by atoms with Crippen molar-refractivity contribution in [1.82, 2.24) is 58.1 Å². The van der Waals surface area contributed by atoms with Gasteiger partial charge in [-0.1, -0.05) is 175 Å². The van der Waals surface area contributed by atoms with Crippen LogP contribution in [0.1, 0.15) is 80.3 Å². The molecule has 0 aromatic heterocycles. The Kier molecular flexibility index (Phi) is 33.6. The molecule has 0 radical (unpaired) electrons. The second-order valence-corrected chi connectivity index (χ2v) is 29.6. The van der Waals surface area contributed by atoms with Crippen molar-refractivity contribution < 1.29 is 78.3 Å². The Labute approximate surface area is 634 Å². The number of unbranched alkanes of at least 4 members (excludes halogenated alkanes) is 1. The fourth-order valence-electron chi connectivity index (χ4n) is 11.8. The molecule has 6 aromatic carbocycles. The number of aliphatic hydroxyl groups excluding tert-OH is 3. The summed E-state index contributed by atoms with van der Waals surface area (Å²) >= 11 is 0. The molecule has 580 valence electrons. The first-order valence-corrected chi connectivity index (χ1v) is 38.1. The Balaban J connectivity index is 1.34. The summed E-state index contributed by atoms with van der Waals surface area (Å²) in [6.45, 7) is 5.85. The van der Waals surface area contributed by atoms with Crippen LogP contribution >= 0.6 is 21.6 Å². The fraction of sp³-hybridized carbons (Fsp3) is 0.416. The molecule has 1 aliphatic heterocycles. The van der Waals surface area contributed by atoms with Crippen LogP contribution in [0.2, 0.25) is 0 Å². The molecule has 29 nitrogen and oxygen atoms in total. The molecule has 7 rings (SSSR count). The molecule has 0 spiro atoms. The highest BCUT2D eigenvalue weighted by Gasteiger charge is 2.40. The number of aromatic hydroxyl groups is 1. The van der Waals surface area contributed by atoms with Gasteiger partial charge in [0.05, 0.1) is 24.9 Å². The van der Waals surface area contributed by atoms with Crippen molar-refractivity contribution in [2.75, 3.05) is 31.7 Å². The summed E-state index contributed by atoms with van der Waals surface area (Å²) < 4.78 is 0. The van der Waals surface area contributed by atoms with Gasteiger partial charge in [0.25, 0.3) is 0 Å². The zero-order valence-electron chi connectivity index (χ0n) is 60.9.